The predicted octanol–water partition coefficient (Wildman–Crippen LogP) is 5.99. The van der Waals surface area contributed by atoms with Crippen molar-refractivity contribution in [3.05, 3.63) is 12.2 Å². The highest BCUT2D eigenvalue weighted by Crippen LogP contribution is 2.55. The molecule has 0 spiro atoms. The minimum atomic E-state index is -5.33. The molecule has 0 rings (SSSR count). The minimum absolute atomic E-state index is 0.0159. The molecular formula is C13H20F6S. The molecule has 0 aromatic rings. The molecule has 7 heteroatoms. The van der Waals surface area contributed by atoms with Crippen LogP contribution in [-0.2, 0) is 0 Å². The van der Waals surface area contributed by atoms with Gasteiger partial charge < -0.3 is 0 Å². The molecule has 0 aliphatic rings. The van der Waals surface area contributed by atoms with Gasteiger partial charge in [-0.3, -0.25) is 0 Å². The Morgan fingerprint density at radius 2 is 1.50 bits per heavy atom. The smallest absolute Gasteiger partial charge is 0.170 e. The van der Waals surface area contributed by atoms with Crippen molar-refractivity contribution in [1.82, 2.24) is 0 Å². The maximum atomic E-state index is 13.0. The quantitative estimate of drug-likeness (QED) is 0.300. The fourth-order valence-corrected chi connectivity index (χ4v) is 2.88. The van der Waals surface area contributed by atoms with Gasteiger partial charge in [-0.25, -0.2) is 0 Å². The predicted molar refractivity (Wildman–Crippen MR) is 70.8 cm³/mol. The van der Waals surface area contributed by atoms with E-state index in [9.17, 15) is 26.3 Å². The van der Waals surface area contributed by atoms with Gasteiger partial charge in [0.05, 0.1) is 0 Å². The molecule has 0 atom stereocenters. The highest BCUT2D eigenvalue weighted by molar-refractivity contribution is 7.98. The van der Waals surface area contributed by atoms with E-state index in [1.165, 1.54) is 6.26 Å². The van der Waals surface area contributed by atoms with Crippen LogP contribution in [0.3, 0.4) is 0 Å². The second kappa shape index (κ2) is 7.61. The Morgan fingerprint density at radius 1 is 1.00 bits per heavy atom. The first-order valence-electron chi connectivity index (χ1n) is 6.31. The molecule has 20 heavy (non-hydrogen) atoms. The van der Waals surface area contributed by atoms with E-state index in [1.807, 2.05) is 6.92 Å². The van der Waals surface area contributed by atoms with Gasteiger partial charge in [0, 0.05) is 5.75 Å². The van der Waals surface area contributed by atoms with Gasteiger partial charge in [-0.15, -0.1) is 0 Å². The summed E-state index contributed by atoms with van der Waals surface area (Å²) in [6.45, 7) is 5.32. The van der Waals surface area contributed by atoms with Gasteiger partial charge in [-0.2, -0.15) is 38.1 Å². The summed E-state index contributed by atoms with van der Waals surface area (Å²) in [7, 11) is 0. The van der Waals surface area contributed by atoms with Crippen molar-refractivity contribution in [3.8, 4) is 0 Å². The van der Waals surface area contributed by atoms with E-state index in [0.717, 1.165) is 12.8 Å². The Hall–Kier alpha value is -0.330. The van der Waals surface area contributed by atoms with Crippen molar-refractivity contribution in [1.29, 1.82) is 0 Å². The number of rotatable bonds is 8. The van der Waals surface area contributed by atoms with Crippen LogP contribution >= 0.6 is 11.8 Å². The number of thioether (sulfide) groups is 1. The lowest BCUT2D eigenvalue weighted by atomic mass is 9.80. The topological polar surface area (TPSA) is 0 Å². The SMILES string of the molecule is C=C(CCCCC)CC(CSC)(C(F)(F)F)C(F)(F)F. The average Bonchev–Trinajstić information content (AvgIpc) is 2.25. The number of allylic oxidation sites excluding steroid dienone is 1. The molecule has 0 amide bonds. The average molecular weight is 322 g/mol. The lowest BCUT2D eigenvalue weighted by molar-refractivity contribution is -0.331. The minimum Gasteiger partial charge on any atom is -0.170 e. The molecule has 0 N–H and O–H groups in total. The van der Waals surface area contributed by atoms with E-state index in [1.54, 1.807) is 0 Å². The molecule has 0 heterocycles. The van der Waals surface area contributed by atoms with Crippen LogP contribution in [0.25, 0.3) is 0 Å². The van der Waals surface area contributed by atoms with Crippen LogP contribution in [-0.4, -0.2) is 24.4 Å². The third-order valence-corrected chi connectivity index (χ3v) is 3.94. The summed E-state index contributed by atoms with van der Waals surface area (Å²) in [4.78, 5) is 0. The van der Waals surface area contributed by atoms with Gasteiger partial charge in [-0.1, -0.05) is 31.9 Å². The van der Waals surface area contributed by atoms with Gasteiger partial charge in [0.2, 0.25) is 0 Å². The monoisotopic (exact) mass is 322 g/mol. The van der Waals surface area contributed by atoms with Crippen LogP contribution in [0.2, 0.25) is 0 Å². The lowest BCUT2D eigenvalue weighted by Gasteiger charge is -2.37. The number of hydrogen-bond donors (Lipinski definition) is 0. The Balaban J connectivity index is 5.17. The first kappa shape index (κ1) is 19.7. The summed E-state index contributed by atoms with van der Waals surface area (Å²) < 4.78 is 78.2. The number of alkyl halides is 6. The molecule has 0 aromatic carbocycles. The highest BCUT2D eigenvalue weighted by atomic mass is 32.2. The van der Waals surface area contributed by atoms with E-state index in [2.05, 4.69) is 6.58 Å². The number of unbranched alkanes of at least 4 members (excludes halogenated alkanes) is 2. The standard InChI is InChI=1S/C13H20F6S/c1-4-5-6-7-10(2)8-11(9-20-3,12(14,15)16)13(17,18)19/h2,4-9H2,1,3H3. The van der Waals surface area contributed by atoms with E-state index in [-0.39, 0.29) is 12.0 Å². The maximum absolute atomic E-state index is 13.0. The zero-order chi connectivity index (χ0) is 16.0. The molecule has 0 fully saturated rings. The molecule has 0 bridgehead atoms. The summed E-state index contributed by atoms with van der Waals surface area (Å²) in [6, 6.07) is 0. The van der Waals surface area contributed by atoms with Gasteiger partial charge in [-0.05, 0) is 25.5 Å². The Bertz CT molecular complexity index is 291. The van der Waals surface area contributed by atoms with Crippen LogP contribution in [0.4, 0.5) is 26.3 Å². The van der Waals surface area contributed by atoms with Crippen LogP contribution in [0.5, 0.6) is 0 Å². The zero-order valence-corrected chi connectivity index (χ0v) is 12.4. The molecule has 0 radical (unpaired) electrons. The van der Waals surface area contributed by atoms with Gasteiger partial charge >= 0.3 is 12.4 Å². The first-order valence-corrected chi connectivity index (χ1v) is 7.70. The van der Waals surface area contributed by atoms with Gasteiger partial charge in [0.15, 0.2) is 5.41 Å². The molecule has 0 aliphatic heterocycles. The van der Waals surface area contributed by atoms with Crippen molar-refractivity contribution in [2.75, 3.05) is 12.0 Å². The first-order chi connectivity index (χ1) is 9.02. The second-order valence-electron chi connectivity index (χ2n) is 4.89. The van der Waals surface area contributed by atoms with Crippen molar-refractivity contribution in [2.45, 2.75) is 51.4 Å². The third kappa shape index (κ3) is 4.90. The number of halogens is 6. The van der Waals surface area contributed by atoms with Crippen LogP contribution in [0.1, 0.15) is 39.0 Å². The third-order valence-electron chi connectivity index (χ3n) is 3.16. The van der Waals surface area contributed by atoms with E-state index >= 15 is 0 Å². The van der Waals surface area contributed by atoms with E-state index < -0.39 is 29.9 Å². The Labute approximate surface area is 120 Å². The maximum Gasteiger partial charge on any atom is 0.404 e. The summed E-state index contributed by atoms with van der Waals surface area (Å²) in [5, 5.41) is 0. The Kier molecular flexibility index (Phi) is 7.49. The summed E-state index contributed by atoms with van der Waals surface area (Å²) >= 11 is 0.552. The van der Waals surface area contributed by atoms with Crippen molar-refractivity contribution >= 4 is 11.8 Å². The molecule has 0 nitrogen and oxygen atoms in total. The van der Waals surface area contributed by atoms with Crippen molar-refractivity contribution in [2.24, 2.45) is 5.41 Å². The fourth-order valence-electron chi connectivity index (χ4n) is 1.96. The molecule has 0 aliphatic carbocycles. The van der Waals surface area contributed by atoms with E-state index in [0.29, 0.717) is 18.2 Å². The molecular weight excluding hydrogens is 302 g/mol. The summed E-state index contributed by atoms with van der Waals surface area (Å²) in [5.74, 6) is -1.03. The van der Waals surface area contributed by atoms with Gasteiger partial charge in [0.1, 0.15) is 0 Å². The zero-order valence-electron chi connectivity index (χ0n) is 11.6. The fraction of sp³-hybridized carbons (Fsp3) is 0.846. The summed E-state index contributed by atoms with van der Waals surface area (Å²) in [6.07, 6.45) is -8.11. The van der Waals surface area contributed by atoms with Crippen molar-refractivity contribution in [3.63, 3.8) is 0 Å². The van der Waals surface area contributed by atoms with Gasteiger partial charge in [0.25, 0.3) is 0 Å². The number of hydrogen-bond acceptors (Lipinski definition) is 1. The van der Waals surface area contributed by atoms with E-state index in [4.69, 9.17) is 0 Å². The van der Waals surface area contributed by atoms with Crippen LogP contribution < -0.4 is 0 Å². The molecule has 0 aromatic heterocycles. The normalized spacial score (nSPS) is 13.6. The highest BCUT2D eigenvalue weighted by Gasteiger charge is 2.69. The largest absolute Gasteiger partial charge is 0.404 e. The van der Waals surface area contributed by atoms with Crippen molar-refractivity contribution < 1.29 is 26.3 Å². The van der Waals surface area contributed by atoms with Crippen LogP contribution in [0, 0.1) is 5.41 Å². The van der Waals surface area contributed by atoms with Crippen LogP contribution in [0.15, 0.2) is 12.2 Å². The molecule has 0 unspecified atom stereocenters. The Morgan fingerprint density at radius 3 is 1.85 bits per heavy atom. The molecule has 0 saturated heterocycles. The second-order valence-corrected chi connectivity index (χ2v) is 5.76. The molecule has 120 valence electrons. The molecule has 0 saturated carbocycles. The lowest BCUT2D eigenvalue weighted by Crippen LogP contribution is -2.52. The summed E-state index contributed by atoms with van der Waals surface area (Å²) in [5.41, 5.74) is -3.68.